The highest BCUT2D eigenvalue weighted by Crippen LogP contribution is 2.49. The van der Waals surface area contributed by atoms with Crippen molar-refractivity contribution >= 4 is 5.91 Å². The van der Waals surface area contributed by atoms with Crippen LogP contribution in [0, 0.1) is 5.41 Å². The van der Waals surface area contributed by atoms with E-state index in [1.807, 2.05) is 59.1 Å². The first-order valence-electron chi connectivity index (χ1n) is 9.26. The summed E-state index contributed by atoms with van der Waals surface area (Å²) in [5.74, 6) is 0.655. The van der Waals surface area contributed by atoms with Gasteiger partial charge in [-0.2, -0.15) is 0 Å². The van der Waals surface area contributed by atoms with E-state index in [2.05, 4.69) is 10.2 Å². The molecule has 0 spiro atoms. The maximum Gasteiger partial charge on any atom is 0.241 e. The summed E-state index contributed by atoms with van der Waals surface area (Å²) in [6.45, 7) is 8.40. The summed E-state index contributed by atoms with van der Waals surface area (Å²) >= 11 is 0. The summed E-state index contributed by atoms with van der Waals surface area (Å²) in [5, 5.41) is 2.99. The van der Waals surface area contributed by atoms with Crippen LogP contribution in [0.3, 0.4) is 0 Å². The highest BCUT2D eigenvalue weighted by molar-refractivity contribution is 5.88. The summed E-state index contributed by atoms with van der Waals surface area (Å²) in [6.07, 6.45) is 0.561. The molecular formula is C20H33N3O3. The number of carbonyl (C=O) groups excluding carboxylic acids is 1. The van der Waals surface area contributed by atoms with Gasteiger partial charge in [0.1, 0.15) is 17.9 Å². The van der Waals surface area contributed by atoms with Crippen LogP contribution >= 0.6 is 0 Å². The van der Waals surface area contributed by atoms with Gasteiger partial charge in [-0.1, -0.05) is 32.0 Å². The molecular weight excluding hydrogens is 330 g/mol. The normalized spacial score (nSPS) is 24.2. The molecule has 6 nitrogen and oxygen atoms in total. The third-order valence-corrected chi connectivity index (χ3v) is 5.44. The number of nitrogens with zero attached hydrogens (tertiary/aromatic N) is 1. The van der Waals surface area contributed by atoms with E-state index in [9.17, 15) is 4.79 Å². The standard InChI is InChI=1S/C20H33N3O3/c1-6-25-17-13-20(21,19(17,2)3)18(24)22-14-15-9-7-8-10-16(15)26-12-11-23(4)5/h7-10,17H,6,11-14,21H2,1-5H3,(H,22,24). The molecule has 6 heteroatoms. The average molecular weight is 364 g/mol. The van der Waals surface area contributed by atoms with E-state index < -0.39 is 11.0 Å². The van der Waals surface area contributed by atoms with Crippen molar-refractivity contribution in [2.75, 3.05) is 33.9 Å². The topological polar surface area (TPSA) is 76.8 Å². The van der Waals surface area contributed by atoms with Crippen LogP contribution in [0.5, 0.6) is 5.75 Å². The van der Waals surface area contributed by atoms with Crippen LogP contribution in [0.1, 0.15) is 32.8 Å². The number of nitrogens with one attached hydrogen (secondary N) is 1. The van der Waals surface area contributed by atoms with Crippen LogP contribution in [0.15, 0.2) is 24.3 Å². The zero-order chi connectivity index (χ0) is 19.4. The number of nitrogens with two attached hydrogens (primary N) is 1. The maximum absolute atomic E-state index is 12.8. The summed E-state index contributed by atoms with van der Waals surface area (Å²) in [7, 11) is 4.01. The van der Waals surface area contributed by atoms with Gasteiger partial charge in [0.2, 0.25) is 5.91 Å². The smallest absolute Gasteiger partial charge is 0.241 e. The van der Waals surface area contributed by atoms with Gasteiger partial charge in [-0.15, -0.1) is 0 Å². The number of carbonyl (C=O) groups is 1. The van der Waals surface area contributed by atoms with Crippen LogP contribution in [0.4, 0.5) is 0 Å². The number of rotatable bonds is 9. The van der Waals surface area contributed by atoms with E-state index in [-0.39, 0.29) is 12.0 Å². The molecule has 0 radical (unpaired) electrons. The van der Waals surface area contributed by atoms with Crippen molar-refractivity contribution in [1.82, 2.24) is 10.2 Å². The van der Waals surface area contributed by atoms with Gasteiger partial charge in [0.15, 0.2) is 0 Å². The molecule has 3 N–H and O–H groups in total. The summed E-state index contributed by atoms with van der Waals surface area (Å²) in [5.41, 5.74) is 6.07. The van der Waals surface area contributed by atoms with Crippen molar-refractivity contribution in [3.05, 3.63) is 29.8 Å². The van der Waals surface area contributed by atoms with Crippen molar-refractivity contribution in [1.29, 1.82) is 0 Å². The summed E-state index contributed by atoms with van der Waals surface area (Å²) in [6, 6.07) is 7.76. The quantitative estimate of drug-likeness (QED) is 0.699. The fraction of sp³-hybridized carbons (Fsp3) is 0.650. The zero-order valence-corrected chi connectivity index (χ0v) is 16.7. The second-order valence-electron chi connectivity index (χ2n) is 7.78. The van der Waals surface area contributed by atoms with Crippen LogP contribution < -0.4 is 15.8 Å². The van der Waals surface area contributed by atoms with E-state index >= 15 is 0 Å². The lowest BCUT2D eigenvalue weighted by atomic mass is 9.54. The highest BCUT2D eigenvalue weighted by atomic mass is 16.5. The minimum absolute atomic E-state index is 0.0184. The summed E-state index contributed by atoms with van der Waals surface area (Å²) < 4.78 is 11.6. The molecule has 0 heterocycles. The van der Waals surface area contributed by atoms with Gasteiger partial charge < -0.3 is 25.4 Å². The lowest BCUT2D eigenvalue weighted by molar-refractivity contribution is -0.170. The molecule has 26 heavy (non-hydrogen) atoms. The molecule has 0 saturated heterocycles. The molecule has 2 unspecified atom stereocenters. The first-order chi connectivity index (χ1) is 12.2. The maximum atomic E-state index is 12.8. The van der Waals surface area contributed by atoms with Crippen molar-refractivity contribution in [2.24, 2.45) is 11.1 Å². The molecule has 0 bridgehead atoms. The minimum atomic E-state index is -0.909. The first kappa shape index (κ1) is 20.7. The lowest BCUT2D eigenvalue weighted by Crippen LogP contribution is -2.75. The molecule has 1 aliphatic carbocycles. The fourth-order valence-corrected chi connectivity index (χ4v) is 3.28. The Labute approximate surface area is 157 Å². The fourth-order valence-electron chi connectivity index (χ4n) is 3.28. The molecule has 2 rings (SSSR count). The largest absolute Gasteiger partial charge is 0.492 e. The number of hydrogen-bond acceptors (Lipinski definition) is 5. The predicted molar refractivity (Wildman–Crippen MR) is 103 cm³/mol. The van der Waals surface area contributed by atoms with Gasteiger partial charge in [0, 0.05) is 37.1 Å². The van der Waals surface area contributed by atoms with Crippen molar-refractivity contribution in [3.8, 4) is 5.75 Å². The number of ether oxygens (including phenoxy) is 2. The predicted octanol–water partition coefficient (Wildman–Crippen LogP) is 1.78. The van der Waals surface area contributed by atoms with E-state index in [1.54, 1.807) is 0 Å². The molecule has 2 atom stereocenters. The van der Waals surface area contributed by atoms with Gasteiger partial charge >= 0.3 is 0 Å². The Hall–Kier alpha value is -1.63. The number of amides is 1. The molecule has 1 fully saturated rings. The van der Waals surface area contributed by atoms with Gasteiger partial charge in [0.05, 0.1) is 6.10 Å². The second kappa shape index (κ2) is 8.37. The van der Waals surface area contributed by atoms with Gasteiger partial charge in [0.25, 0.3) is 0 Å². The average Bonchev–Trinajstić information content (AvgIpc) is 2.59. The van der Waals surface area contributed by atoms with Gasteiger partial charge in [-0.25, -0.2) is 0 Å². The Balaban J connectivity index is 1.96. The van der Waals surface area contributed by atoms with Crippen molar-refractivity contribution < 1.29 is 14.3 Å². The van der Waals surface area contributed by atoms with Crippen LogP contribution in [-0.4, -0.2) is 56.3 Å². The number of likely N-dealkylation sites (N-methyl/N-ethyl adjacent to an activating group) is 1. The van der Waals surface area contributed by atoms with E-state index in [4.69, 9.17) is 15.2 Å². The Morgan fingerprint density at radius 1 is 1.35 bits per heavy atom. The van der Waals surface area contributed by atoms with E-state index in [0.29, 0.717) is 26.2 Å². The minimum Gasteiger partial charge on any atom is -0.492 e. The Morgan fingerprint density at radius 2 is 2.04 bits per heavy atom. The van der Waals surface area contributed by atoms with Gasteiger partial charge in [-0.05, 0) is 27.1 Å². The first-order valence-corrected chi connectivity index (χ1v) is 9.26. The molecule has 1 aromatic rings. The Kier molecular flexibility index (Phi) is 6.66. The Morgan fingerprint density at radius 3 is 2.65 bits per heavy atom. The van der Waals surface area contributed by atoms with Crippen LogP contribution in [0.2, 0.25) is 0 Å². The van der Waals surface area contributed by atoms with Crippen molar-refractivity contribution in [3.63, 3.8) is 0 Å². The zero-order valence-electron chi connectivity index (χ0n) is 16.7. The van der Waals surface area contributed by atoms with Crippen molar-refractivity contribution in [2.45, 2.75) is 45.4 Å². The third-order valence-electron chi connectivity index (χ3n) is 5.44. The molecule has 1 aromatic carbocycles. The molecule has 1 amide bonds. The Bertz CT molecular complexity index is 618. The van der Waals surface area contributed by atoms with Gasteiger partial charge in [-0.3, -0.25) is 4.79 Å². The highest BCUT2D eigenvalue weighted by Gasteiger charge is 2.62. The van der Waals surface area contributed by atoms with E-state index in [1.165, 1.54) is 0 Å². The third kappa shape index (κ3) is 4.19. The summed E-state index contributed by atoms with van der Waals surface area (Å²) in [4.78, 5) is 14.8. The molecule has 0 aliphatic heterocycles. The SMILES string of the molecule is CCOC1CC(N)(C(=O)NCc2ccccc2OCCN(C)C)C1(C)C. The molecule has 146 valence electrons. The monoisotopic (exact) mass is 363 g/mol. The van der Waals surface area contributed by atoms with Crippen LogP contribution in [0.25, 0.3) is 0 Å². The van der Waals surface area contributed by atoms with E-state index in [0.717, 1.165) is 17.9 Å². The molecule has 1 saturated carbocycles. The number of hydrogen-bond donors (Lipinski definition) is 2. The number of benzene rings is 1. The molecule has 0 aromatic heterocycles. The molecule has 1 aliphatic rings. The second-order valence-corrected chi connectivity index (χ2v) is 7.78. The number of para-hydroxylation sites is 1. The lowest BCUT2D eigenvalue weighted by Gasteiger charge is -2.57. The van der Waals surface area contributed by atoms with Crippen LogP contribution in [-0.2, 0) is 16.1 Å².